The van der Waals surface area contributed by atoms with Crippen LogP contribution in [-0.4, -0.2) is 63.2 Å². The molecule has 1 fully saturated rings. The van der Waals surface area contributed by atoms with E-state index in [1.54, 1.807) is 30.1 Å². The molecule has 1 aromatic heterocycles. The molecule has 0 bridgehead atoms. The van der Waals surface area contributed by atoms with Crippen molar-refractivity contribution in [3.63, 3.8) is 0 Å². The highest BCUT2D eigenvalue weighted by molar-refractivity contribution is 7.89. The van der Waals surface area contributed by atoms with Gasteiger partial charge in [-0.1, -0.05) is 36.4 Å². The minimum Gasteiger partial charge on any atom is -0.491 e. The van der Waals surface area contributed by atoms with E-state index >= 15 is 0 Å². The molecule has 8 nitrogen and oxygen atoms in total. The van der Waals surface area contributed by atoms with E-state index < -0.39 is 10.0 Å². The number of aromatic nitrogens is 1. The molecule has 0 N–H and O–H groups in total. The summed E-state index contributed by atoms with van der Waals surface area (Å²) in [5.41, 5.74) is 4.77. The lowest BCUT2D eigenvalue weighted by Gasteiger charge is -2.26. The van der Waals surface area contributed by atoms with E-state index in [2.05, 4.69) is 10.6 Å². The molecule has 40 heavy (non-hydrogen) atoms. The SMILES string of the molecule is Cc1ccccc1OCCn1cc(/C=C2\C(=O)N(C)c3ccc(S(=O)(=O)N4CCOCC4)cc32)c2ccccc21. The highest BCUT2D eigenvalue weighted by Crippen LogP contribution is 2.39. The first kappa shape index (κ1) is 26.3. The average molecular weight is 558 g/mol. The van der Waals surface area contributed by atoms with Gasteiger partial charge >= 0.3 is 0 Å². The molecule has 2 aliphatic rings. The number of fused-ring (bicyclic) bond motifs is 2. The number of hydrogen-bond acceptors (Lipinski definition) is 5. The lowest BCUT2D eigenvalue weighted by Crippen LogP contribution is -2.40. The van der Waals surface area contributed by atoms with E-state index in [0.717, 1.165) is 27.8 Å². The zero-order valence-electron chi connectivity index (χ0n) is 22.5. The van der Waals surface area contributed by atoms with Gasteiger partial charge in [-0.3, -0.25) is 4.79 Å². The molecule has 1 amide bonds. The molecule has 0 atom stereocenters. The van der Waals surface area contributed by atoms with Gasteiger partial charge in [0, 0.05) is 53.9 Å². The van der Waals surface area contributed by atoms with Crippen molar-refractivity contribution in [2.24, 2.45) is 0 Å². The molecule has 0 saturated carbocycles. The Bertz CT molecular complexity index is 1730. The number of carbonyl (C=O) groups excluding carboxylic acids is 1. The first-order valence-electron chi connectivity index (χ1n) is 13.3. The molecular weight excluding hydrogens is 526 g/mol. The summed E-state index contributed by atoms with van der Waals surface area (Å²) >= 11 is 0. The fraction of sp³-hybridized carbons (Fsp3) is 0.258. The number of anilines is 1. The van der Waals surface area contributed by atoms with E-state index in [1.165, 1.54) is 4.31 Å². The number of sulfonamides is 1. The average Bonchev–Trinajstić information content (AvgIpc) is 3.44. The molecule has 6 rings (SSSR count). The Morgan fingerprint density at radius 2 is 1.75 bits per heavy atom. The number of nitrogens with zero attached hydrogens (tertiary/aromatic N) is 3. The van der Waals surface area contributed by atoms with E-state index in [0.29, 0.717) is 56.3 Å². The minimum atomic E-state index is -3.70. The van der Waals surface area contributed by atoms with Gasteiger partial charge in [0.05, 0.1) is 30.3 Å². The summed E-state index contributed by atoms with van der Waals surface area (Å²) in [6.45, 7) is 4.52. The normalized spacial score (nSPS) is 17.1. The van der Waals surface area contributed by atoms with Crippen LogP contribution in [0.3, 0.4) is 0 Å². The lowest BCUT2D eigenvalue weighted by atomic mass is 10.0. The second-order valence-electron chi connectivity index (χ2n) is 10.0. The Kier molecular flexibility index (Phi) is 6.95. The van der Waals surface area contributed by atoms with Crippen molar-refractivity contribution in [3.05, 3.63) is 89.6 Å². The molecule has 1 saturated heterocycles. The number of amides is 1. The zero-order chi connectivity index (χ0) is 27.9. The van der Waals surface area contributed by atoms with Crippen LogP contribution < -0.4 is 9.64 Å². The summed E-state index contributed by atoms with van der Waals surface area (Å²) in [6.07, 6.45) is 3.90. The van der Waals surface area contributed by atoms with E-state index in [9.17, 15) is 13.2 Å². The highest BCUT2D eigenvalue weighted by Gasteiger charge is 2.33. The first-order valence-corrected chi connectivity index (χ1v) is 14.8. The molecule has 9 heteroatoms. The van der Waals surface area contributed by atoms with Gasteiger partial charge in [-0.25, -0.2) is 8.42 Å². The third-order valence-electron chi connectivity index (χ3n) is 7.57. The number of ether oxygens (including phenoxy) is 2. The standard InChI is InChI=1S/C31H31N3O5S/c1-22-7-3-6-10-30(22)39-18-13-33-21-23(25-8-4-5-9-29(25)33)19-27-26-20-24(11-12-28(26)32(2)31(27)35)40(36,37)34-14-16-38-17-15-34/h3-12,19-21H,13-18H2,1-2H3/b27-19-. The van der Waals surface area contributed by atoms with Crippen LogP contribution in [0.4, 0.5) is 5.69 Å². The van der Waals surface area contributed by atoms with Crippen molar-refractivity contribution < 1.29 is 22.7 Å². The van der Waals surface area contributed by atoms with Crippen LogP contribution in [0.15, 0.2) is 77.8 Å². The number of hydrogen-bond donors (Lipinski definition) is 0. The fourth-order valence-electron chi connectivity index (χ4n) is 5.37. The Balaban J connectivity index is 1.35. The second kappa shape index (κ2) is 10.6. The van der Waals surface area contributed by atoms with Gasteiger partial charge in [0.25, 0.3) is 5.91 Å². The zero-order valence-corrected chi connectivity index (χ0v) is 23.4. The molecule has 0 aliphatic carbocycles. The molecule has 3 heterocycles. The van der Waals surface area contributed by atoms with Crippen molar-refractivity contribution in [1.29, 1.82) is 0 Å². The van der Waals surface area contributed by atoms with Crippen LogP contribution in [0, 0.1) is 6.92 Å². The van der Waals surface area contributed by atoms with E-state index in [-0.39, 0.29) is 10.8 Å². The first-order chi connectivity index (χ1) is 19.3. The maximum absolute atomic E-state index is 13.4. The minimum absolute atomic E-state index is 0.171. The molecule has 3 aromatic carbocycles. The summed E-state index contributed by atoms with van der Waals surface area (Å²) in [6, 6.07) is 20.9. The molecule has 0 spiro atoms. The number of likely N-dealkylation sites (N-methyl/N-ethyl adjacent to an activating group) is 1. The Hall–Kier alpha value is -3.92. The molecule has 0 unspecified atom stereocenters. The van der Waals surface area contributed by atoms with Gasteiger partial charge in [-0.15, -0.1) is 0 Å². The van der Waals surface area contributed by atoms with Crippen LogP contribution in [0.25, 0.3) is 22.6 Å². The van der Waals surface area contributed by atoms with Crippen LogP contribution >= 0.6 is 0 Å². The Labute approximate surface area is 234 Å². The maximum Gasteiger partial charge on any atom is 0.258 e. The molecule has 4 aromatic rings. The van der Waals surface area contributed by atoms with Gasteiger partial charge in [-0.2, -0.15) is 4.31 Å². The predicted molar refractivity (Wildman–Crippen MR) is 156 cm³/mol. The number of carbonyl (C=O) groups is 1. The van der Waals surface area contributed by atoms with Crippen LogP contribution in [0.1, 0.15) is 16.7 Å². The third kappa shape index (κ3) is 4.70. The van der Waals surface area contributed by atoms with Crippen molar-refractivity contribution >= 4 is 44.2 Å². The van der Waals surface area contributed by atoms with Crippen LogP contribution in [-0.2, 0) is 26.1 Å². The number of morpholine rings is 1. The second-order valence-corrected chi connectivity index (χ2v) is 12.0. The van der Waals surface area contributed by atoms with Crippen molar-refractivity contribution in [2.45, 2.75) is 18.4 Å². The summed E-state index contributed by atoms with van der Waals surface area (Å²) in [5, 5.41) is 1.01. The Morgan fingerprint density at radius 1 is 1.00 bits per heavy atom. The Morgan fingerprint density at radius 3 is 2.55 bits per heavy atom. The van der Waals surface area contributed by atoms with E-state index in [1.807, 2.05) is 61.7 Å². The predicted octanol–water partition coefficient (Wildman–Crippen LogP) is 4.57. The van der Waals surface area contributed by atoms with Gasteiger partial charge < -0.3 is 18.9 Å². The van der Waals surface area contributed by atoms with Crippen molar-refractivity contribution in [1.82, 2.24) is 8.87 Å². The highest BCUT2D eigenvalue weighted by atomic mass is 32.2. The molecule has 206 valence electrons. The molecule has 0 radical (unpaired) electrons. The van der Waals surface area contributed by atoms with Crippen molar-refractivity contribution in [3.8, 4) is 5.75 Å². The lowest BCUT2D eigenvalue weighted by molar-refractivity contribution is -0.112. The summed E-state index contributed by atoms with van der Waals surface area (Å²) in [5.74, 6) is 0.691. The number of rotatable bonds is 7. The summed E-state index contributed by atoms with van der Waals surface area (Å²) < 4.78 is 41.6. The topological polar surface area (TPSA) is 81.1 Å². The third-order valence-corrected chi connectivity index (χ3v) is 9.46. The van der Waals surface area contributed by atoms with Gasteiger partial charge in [0.2, 0.25) is 10.0 Å². The quantitative estimate of drug-likeness (QED) is 0.311. The largest absolute Gasteiger partial charge is 0.491 e. The van der Waals surface area contributed by atoms with E-state index in [4.69, 9.17) is 9.47 Å². The summed E-state index contributed by atoms with van der Waals surface area (Å²) in [4.78, 5) is 15.1. The van der Waals surface area contributed by atoms with Gasteiger partial charge in [-0.05, 0) is 48.9 Å². The number of para-hydroxylation sites is 2. The molecular formula is C31H31N3O5S. The number of aryl methyl sites for hydroxylation is 1. The molecule has 2 aliphatic heterocycles. The summed E-state index contributed by atoms with van der Waals surface area (Å²) in [7, 11) is -1.99. The smallest absolute Gasteiger partial charge is 0.258 e. The fourth-order valence-corrected chi connectivity index (χ4v) is 6.80. The van der Waals surface area contributed by atoms with Crippen LogP contribution in [0.5, 0.6) is 5.75 Å². The van der Waals surface area contributed by atoms with Crippen LogP contribution in [0.2, 0.25) is 0 Å². The number of benzene rings is 3. The van der Waals surface area contributed by atoms with Gasteiger partial charge in [0.15, 0.2) is 0 Å². The van der Waals surface area contributed by atoms with Crippen molar-refractivity contribution in [2.75, 3.05) is 44.9 Å². The monoisotopic (exact) mass is 557 g/mol. The maximum atomic E-state index is 13.4. The van der Waals surface area contributed by atoms with Gasteiger partial charge in [0.1, 0.15) is 12.4 Å².